The Morgan fingerprint density at radius 2 is 1.70 bits per heavy atom. The number of nitrogens with two attached hydrogens (primary N) is 3. The van der Waals surface area contributed by atoms with Gasteiger partial charge in [-0.1, -0.05) is 92.1 Å². The van der Waals surface area contributed by atoms with Crippen molar-refractivity contribution in [3.8, 4) is 5.69 Å². The molecule has 4 aromatic rings. The molecule has 1 aliphatic rings. The minimum Gasteiger partial charge on any atom is -0.370 e. The lowest BCUT2D eigenvalue weighted by Gasteiger charge is -2.41. The summed E-state index contributed by atoms with van der Waals surface area (Å²) in [5.74, 6) is 0.719. The fourth-order valence-corrected chi connectivity index (χ4v) is 6.27. The van der Waals surface area contributed by atoms with E-state index < -0.39 is 0 Å². The van der Waals surface area contributed by atoms with Crippen LogP contribution >= 0.6 is 0 Å². The number of nitrogens with one attached hydrogen (secondary N) is 2. The van der Waals surface area contributed by atoms with E-state index in [0.717, 1.165) is 48.4 Å². The van der Waals surface area contributed by atoms with E-state index in [9.17, 15) is 4.79 Å². The quantitative estimate of drug-likeness (QED) is 0.0620. The summed E-state index contributed by atoms with van der Waals surface area (Å²) in [6.45, 7) is 20.9. The van der Waals surface area contributed by atoms with E-state index in [0.29, 0.717) is 23.5 Å². The first-order valence-electron chi connectivity index (χ1n) is 18.3. The van der Waals surface area contributed by atoms with Crippen LogP contribution in [0, 0.1) is 5.41 Å². The molecule has 2 aromatic carbocycles. The minimum atomic E-state index is -0.301. The lowest BCUT2D eigenvalue weighted by Crippen LogP contribution is -2.37. The average molecular weight is 683 g/mol. The van der Waals surface area contributed by atoms with Crippen LogP contribution in [-0.4, -0.2) is 40.1 Å². The Kier molecular flexibility index (Phi) is 12.7. The first-order chi connectivity index (χ1) is 23.5. The number of rotatable bonds is 12. The van der Waals surface area contributed by atoms with Crippen molar-refractivity contribution in [2.24, 2.45) is 27.6 Å². The molecular weight excluding hydrogens is 621 g/mol. The van der Waals surface area contributed by atoms with Crippen LogP contribution < -0.4 is 28.2 Å². The molecule has 8 N–H and O–H groups in total. The van der Waals surface area contributed by atoms with E-state index in [1.165, 1.54) is 48.8 Å². The molecule has 0 amide bonds. The number of aryl methyl sites for hydroxylation is 1. The van der Waals surface area contributed by atoms with Gasteiger partial charge in [-0.25, -0.2) is 4.79 Å². The smallest absolute Gasteiger partial charge is 0.354 e. The lowest BCUT2D eigenvalue weighted by molar-refractivity contribution is 0.131. The zero-order valence-corrected chi connectivity index (χ0v) is 31.8. The van der Waals surface area contributed by atoms with Crippen LogP contribution in [0.1, 0.15) is 121 Å². The van der Waals surface area contributed by atoms with Crippen LogP contribution in [0.4, 0.5) is 0 Å². The summed E-state index contributed by atoms with van der Waals surface area (Å²) in [6.07, 6.45) is 9.18. The maximum absolute atomic E-state index is 12.5. The Hall–Kier alpha value is -3.95. The number of nitrogens with zero attached hydrogens (tertiary/aromatic N) is 3. The molecule has 1 saturated carbocycles. The Labute approximate surface area is 299 Å². The van der Waals surface area contributed by atoms with Gasteiger partial charge in [-0.2, -0.15) is 4.98 Å². The van der Waals surface area contributed by atoms with E-state index >= 15 is 0 Å². The second-order valence-electron chi connectivity index (χ2n) is 16.6. The second kappa shape index (κ2) is 16.4. The number of guanidine groups is 1. The third-order valence-corrected chi connectivity index (χ3v) is 10.0. The predicted molar refractivity (Wildman–Crippen MR) is 210 cm³/mol. The SMILES string of the molecule is CC(C)(C)c1cc2cn(-c3ccc(CNCCCN=C(N)N)cc3)c(=O)nc2[nH]1.CC(C)c1cc(CCC2(CN)CCC2)cc(C(C)(C)C)c1. The van der Waals surface area contributed by atoms with E-state index in [1.807, 2.05) is 30.5 Å². The molecule has 1 aliphatic carbocycles. The molecule has 9 nitrogen and oxygen atoms in total. The summed E-state index contributed by atoms with van der Waals surface area (Å²) in [7, 11) is 0. The van der Waals surface area contributed by atoms with E-state index in [2.05, 4.69) is 99.9 Å². The van der Waals surface area contributed by atoms with Gasteiger partial charge in [0, 0.05) is 35.8 Å². The molecule has 1 fully saturated rings. The zero-order valence-electron chi connectivity index (χ0n) is 31.8. The van der Waals surface area contributed by atoms with Gasteiger partial charge in [0.15, 0.2) is 5.96 Å². The van der Waals surface area contributed by atoms with Crippen molar-refractivity contribution >= 4 is 17.0 Å². The molecular formula is C41H62N8O. The van der Waals surface area contributed by atoms with Gasteiger partial charge in [0.1, 0.15) is 5.65 Å². The molecule has 5 rings (SSSR count). The molecule has 0 bridgehead atoms. The number of hydrogen-bond acceptors (Lipinski definition) is 5. The van der Waals surface area contributed by atoms with E-state index in [1.54, 1.807) is 4.57 Å². The van der Waals surface area contributed by atoms with Gasteiger partial charge in [0.2, 0.25) is 0 Å². The van der Waals surface area contributed by atoms with E-state index in [-0.39, 0.29) is 22.5 Å². The number of benzene rings is 2. The van der Waals surface area contributed by atoms with Crippen LogP contribution in [0.5, 0.6) is 0 Å². The summed E-state index contributed by atoms with van der Waals surface area (Å²) in [6, 6.07) is 17.2. The number of aromatic amines is 1. The fourth-order valence-electron chi connectivity index (χ4n) is 6.27. The maximum atomic E-state index is 12.5. The predicted octanol–water partition coefficient (Wildman–Crippen LogP) is 6.93. The fraction of sp³-hybridized carbons (Fsp3) is 0.537. The third kappa shape index (κ3) is 10.5. The third-order valence-electron chi connectivity index (χ3n) is 10.0. The largest absolute Gasteiger partial charge is 0.370 e. The molecule has 0 atom stereocenters. The van der Waals surface area contributed by atoms with Gasteiger partial charge in [0.25, 0.3) is 0 Å². The van der Waals surface area contributed by atoms with Crippen LogP contribution in [-0.2, 0) is 23.8 Å². The number of aliphatic imine (C=N–C) groups is 1. The molecule has 272 valence electrons. The summed E-state index contributed by atoms with van der Waals surface area (Å²) in [5, 5.41) is 4.27. The topological polar surface area (TPSA) is 153 Å². The van der Waals surface area contributed by atoms with Gasteiger partial charge < -0.3 is 27.5 Å². The molecule has 0 saturated heterocycles. The highest BCUT2D eigenvalue weighted by Gasteiger charge is 2.35. The van der Waals surface area contributed by atoms with Crippen molar-refractivity contribution in [2.45, 2.75) is 117 Å². The van der Waals surface area contributed by atoms with Crippen molar-refractivity contribution in [1.82, 2.24) is 19.9 Å². The minimum absolute atomic E-state index is 0.0352. The number of fused-ring (bicyclic) bond motifs is 1. The van der Waals surface area contributed by atoms with Crippen LogP contribution in [0.25, 0.3) is 16.7 Å². The Morgan fingerprint density at radius 1 is 1.00 bits per heavy atom. The van der Waals surface area contributed by atoms with Crippen LogP contribution in [0.2, 0.25) is 0 Å². The Balaban J connectivity index is 0.000000237. The molecule has 0 aliphatic heterocycles. The molecule has 2 heterocycles. The van der Waals surface area contributed by atoms with Crippen molar-refractivity contribution in [3.05, 3.63) is 93.2 Å². The van der Waals surface area contributed by atoms with Gasteiger partial charge in [-0.05, 0) is 102 Å². The average Bonchev–Trinajstić information content (AvgIpc) is 3.46. The summed E-state index contributed by atoms with van der Waals surface area (Å²) < 4.78 is 1.58. The maximum Gasteiger partial charge on any atom is 0.354 e. The highest BCUT2D eigenvalue weighted by atomic mass is 16.1. The standard InChI is InChI=1S/C21H29N7O.C20H33N/c1-21(2,3)17-11-15-13-28(20(29)27-18(15)26-17)16-7-5-14(6-8-16)12-24-9-4-10-25-19(22)23;1-15(2)17-11-16(12-18(13-17)19(3,4)5)7-10-20(14-21)8-6-9-20/h5-8,11,13,24H,4,9-10,12H2,1-3H3,(H4,22,23,25)(H,26,27,29);11-13,15H,6-10,14,21H2,1-5H3. The number of aromatic nitrogens is 3. The monoisotopic (exact) mass is 683 g/mol. The van der Waals surface area contributed by atoms with E-state index in [4.69, 9.17) is 17.2 Å². The highest BCUT2D eigenvalue weighted by Crippen LogP contribution is 2.44. The van der Waals surface area contributed by atoms with Crippen molar-refractivity contribution in [3.63, 3.8) is 0 Å². The molecule has 0 unspecified atom stereocenters. The molecule has 9 heteroatoms. The first-order valence-corrected chi connectivity index (χ1v) is 18.3. The van der Waals surface area contributed by atoms with Gasteiger partial charge in [0.05, 0.1) is 5.69 Å². The first kappa shape index (κ1) is 38.8. The number of H-pyrrole nitrogens is 1. The van der Waals surface area contributed by atoms with Crippen LogP contribution in [0.15, 0.2) is 64.5 Å². The van der Waals surface area contributed by atoms with Gasteiger partial charge >= 0.3 is 5.69 Å². The molecule has 50 heavy (non-hydrogen) atoms. The lowest BCUT2D eigenvalue weighted by atomic mass is 9.65. The molecule has 0 radical (unpaired) electrons. The summed E-state index contributed by atoms with van der Waals surface area (Å²) in [5.41, 5.74) is 25.0. The highest BCUT2D eigenvalue weighted by molar-refractivity contribution is 5.76. The van der Waals surface area contributed by atoms with Gasteiger partial charge in [-0.15, -0.1) is 0 Å². The molecule has 0 spiro atoms. The molecule has 2 aromatic heterocycles. The number of hydrogen-bond donors (Lipinski definition) is 5. The normalized spacial score (nSPS) is 14.3. The summed E-state index contributed by atoms with van der Waals surface area (Å²) in [4.78, 5) is 23.9. The Bertz CT molecular complexity index is 1770. The second-order valence-corrected chi connectivity index (χ2v) is 16.6. The Morgan fingerprint density at radius 3 is 2.26 bits per heavy atom. The summed E-state index contributed by atoms with van der Waals surface area (Å²) >= 11 is 0. The zero-order chi connectivity index (χ0) is 36.7. The van der Waals surface area contributed by atoms with Crippen LogP contribution in [0.3, 0.4) is 0 Å². The van der Waals surface area contributed by atoms with Crippen molar-refractivity contribution < 1.29 is 0 Å². The van der Waals surface area contributed by atoms with Crippen molar-refractivity contribution in [1.29, 1.82) is 0 Å². The van der Waals surface area contributed by atoms with Gasteiger partial charge in [-0.3, -0.25) is 9.56 Å². The van der Waals surface area contributed by atoms with Crippen molar-refractivity contribution in [2.75, 3.05) is 19.6 Å².